The molecule has 3 fully saturated rings. The van der Waals surface area contributed by atoms with Crippen LogP contribution < -0.4 is 15.5 Å². The molecule has 0 radical (unpaired) electrons. The molecule has 5 rings (SSSR count). The lowest BCUT2D eigenvalue weighted by Crippen LogP contribution is -2.66. The van der Waals surface area contributed by atoms with E-state index in [9.17, 15) is 13.2 Å². The normalized spacial score (nSPS) is 20.8. The van der Waals surface area contributed by atoms with E-state index in [4.69, 9.17) is 15.2 Å². The molecule has 0 amide bonds. The van der Waals surface area contributed by atoms with E-state index < -0.39 is 17.8 Å². The number of aromatic nitrogens is 4. The van der Waals surface area contributed by atoms with Gasteiger partial charge in [-0.15, -0.1) is 0 Å². The summed E-state index contributed by atoms with van der Waals surface area (Å²) >= 11 is 0. The molecular formula is C18H20F3N7O2. The Balaban J connectivity index is 1.57. The number of nitrogen functional groups attached to an aromatic ring is 1. The predicted molar refractivity (Wildman–Crippen MR) is 101 cm³/mol. The first-order valence-corrected chi connectivity index (χ1v) is 9.58. The fourth-order valence-electron chi connectivity index (χ4n) is 3.92. The number of rotatable bonds is 3. The van der Waals surface area contributed by atoms with E-state index in [0.29, 0.717) is 51.3 Å². The van der Waals surface area contributed by atoms with Crippen LogP contribution in [0.4, 0.5) is 30.9 Å². The minimum Gasteiger partial charge on any atom is -0.380 e. The molecule has 0 unspecified atom stereocenters. The average molecular weight is 423 g/mol. The van der Waals surface area contributed by atoms with Crippen molar-refractivity contribution in [2.24, 2.45) is 5.41 Å². The highest BCUT2D eigenvalue weighted by atomic mass is 19.4. The first-order valence-electron chi connectivity index (χ1n) is 9.58. The van der Waals surface area contributed by atoms with Crippen LogP contribution >= 0.6 is 0 Å². The number of hydrogen-bond donors (Lipinski definition) is 1. The average Bonchev–Trinajstić information content (AvgIpc) is 2.65. The molecule has 3 aliphatic heterocycles. The number of ether oxygens (including phenoxy) is 2. The molecule has 2 aromatic rings. The van der Waals surface area contributed by atoms with Crippen LogP contribution in [0.15, 0.2) is 12.3 Å². The standard InChI is InChI=1S/C18H20F3N7O2/c19-18(20,21)14-11(6-23-15(22)26-14)12-5-13(28-7-17(8-28)9-30-10-17)25-16(24-12)27-1-3-29-4-2-27/h5-6H,1-4,7-10H2,(H2,22,23,26). The molecule has 1 spiro atoms. The smallest absolute Gasteiger partial charge is 0.380 e. The van der Waals surface area contributed by atoms with Gasteiger partial charge < -0.3 is 25.0 Å². The summed E-state index contributed by atoms with van der Waals surface area (Å²) in [6.45, 7) is 5.02. The number of morpholine rings is 1. The van der Waals surface area contributed by atoms with Crippen molar-refractivity contribution in [1.29, 1.82) is 0 Å². The first kappa shape index (κ1) is 19.2. The summed E-state index contributed by atoms with van der Waals surface area (Å²) in [5, 5.41) is 0. The van der Waals surface area contributed by atoms with Gasteiger partial charge in [0.15, 0.2) is 5.69 Å². The van der Waals surface area contributed by atoms with Crippen LogP contribution in [0.5, 0.6) is 0 Å². The molecule has 0 atom stereocenters. The van der Waals surface area contributed by atoms with Gasteiger partial charge in [0.2, 0.25) is 11.9 Å². The maximum atomic E-state index is 13.6. The number of anilines is 3. The van der Waals surface area contributed by atoms with Crippen LogP contribution in [-0.2, 0) is 15.7 Å². The van der Waals surface area contributed by atoms with Gasteiger partial charge in [0, 0.05) is 44.0 Å². The maximum Gasteiger partial charge on any atom is 0.434 e. The third-order valence-corrected chi connectivity index (χ3v) is 5.54. The lowest BCUT2D eigenvalue weighted by atomic mass is 9.78. The number of halogens is 3. The second-order valence-corrected chi connectivity index (χ2v) is 7.85. The highest BCUT2D eigenvalue weighted by Crippen LogP contribution is 2.41. The second kappa shape index (κ2) is 6.91. The summed E-state index contributed by atoms with van der Waals surface area (Å²) in [5.41, 5.74) is 4.32. The van der Waals surface area contributed by atoms with Crippen LogP contribution in [0.3, 0.4) is 0 Å². The van der Waals surface area contributed by atoms with Crippen LogP contribution in [0.25, 0.3) is 11.3 Å². The van der Waals surface area contributed by atoms with Crippen LogP contribution in [-0.4, -0.2) is 72.5 Å². The molecule has 9 nitrogen and oxygen atoms in total. The number of hydrogen-bond acceptors (Lipinski definition) is 9. The number of nitrogens with two attached hydrogens (primary N) is 1. The van der Waals surface area contributed by atoms with Gasteiger partial charge >= 0.3 is 6.18 Å². The van der Waals surface area contributed by atoms with Crippen molar-refractivity contribution in [3.05, 3.63) is 18.0 Å². The summed E-state index contributed by atoms with van der Waals surface area (Å²) in [7, 11) is 0. The summed E-state index contributed by atoms with van der Waals surface area (Å²) in [4.78, 5) is 20.2. The topological polar surface area (TPSA) is 103 Å². The van der Waals surface area contributed by atoms with Crippen molar-refractivity contribution in [3.63, 3.8) is 0 Å². The molecule has 2 N–H and O–H groups in total. The van der Waals surface area contributed by atoms with Gasteiger partial charge in [-0.2, -0.15) is 18.2 Å². The molecule has 5 heterocycles. The molecule has 12 heteroatoms. The van der Waals surface area contributed by atoms with E-state index in [1.807, 2.05) is 9.80 Å². The summed E-state index contributed by atoms with van der Waals surface area (Å²) < 4.78 is 51.5. The maximum absolute atomic E-state index is 13.6. The SMILES string of the molecule is Nc1ncc(-c2cc(N3CC4(COC4)C3)nc(N3CCOCC3)n2)c(C(F)(F)F)n1. The fraction of sp³-hybridized carbons (Fsp3) is 0.556. The quantitative estimate of drug-likeness (QED) is 0.780. The van der Waals surface area contributed by atoms with Crippen molar-refractivity contribution < 1.29 is 22.6 Å². The van der Waals surface area contributed by atoms with Gasteiger partial charge in [-0.05, 0) is 0 Å². The molecule has 0 aliphatic carbocycles. The van der Waals surface area contributed by atoms with Gasteiger partial charge in [-0.3, -0.25) is 0 Å². The van der Waals surface area contributed by atoms with E-state index in [-0.39, 0.29) is 16.7 Å². The van der Waals surface area contributed by atoms with Crippen molar-refractivity contribution in [1.82, 2.24) is 19.9 Å². The van der Waals surface area contributed by atoms with Crippen LogP contribution in [0, 0.1) is 5.41 Å². The molecule has 160 valence electrons. The van der Waals surface area contributed by atoms with Gasteiger partial charge in [-0.25, -0.2) is 15.0 Å². The molecule has 3 saturated heterocycles. The fourth-order valence-corrected chi connectivity index (χ4v) is 3.92. The Hall–Kier alpha value is -2.73. The predicted octanol–water partition coefficient (Wildman–Crippen LogP) is 1.21. The Morgan fingerprint density at radius 1 is 1.00 bits per heavy atom. The van der Waals surface area contributed by atoms with Gasteiger partial charge in [0.25, 0.3) is 0 Å². The zero-order chi connectivity index (χ0) is 20.9. The molecule has 2 aromatic heterocycles. The molecule has 0 saturated carbocycles. The van der Waals surface area contributed by atoms with E-state index >= 15 is 0 Å². The van der Waals surface area contributed by atoms with Gasteiger partial charge in [-0.1, -0.05) is 0 Å². The van der Waals surface area contributed by atoms with Gasteiger partial charge in [0.1, 0.15) is 5.82 Å². The monoisotopic (exact) mass is 423 g/mol. The Kier molecular flexibility index (Phi) is 4.43. The van der Waals surface area contributed by atoms with Crippen molar-refractivity contribution in [2.45, 2.75) is 6.18 Å². The minimum atomic E-state index is -4.69. The Labute approximate surface area is 170 Å². The summed E-state index contributed by atoms with van der Waals surface area (Å²) in [5.74, 6) is 0.494. The van der Waals surface area contributed by atoms with Crippen molar-refractivity contribution in [3.8, 4) is 11.3 Å². The van der Waals surface area contributed by atoms with Crippen molar-refractivity contribution >= 4 is 17.7 Å². The summed E-state index contributed by atoms with van der Waals surface area (Å²) in [6, 6.07) is 1.56. The largest absolute Gasteiger partial charge is 0.434 e. The van der Waals surface area contributed by atoms with E-state index in [2.05, 4.69) is 19.9 Å². The Morgan fingerprint density at radius 3 is 2.37 bits per heavy atom. The van der Waals surface area contributed by atoms with Gasteiger partial charge in [0.05, 0.1) is 37.5 Å². The third kappa shape index (κ3) is 3.39. The molecule has 30 heavy (non-hydrogen) atoms. The molecule has 0 aromatic carbocycles. The Bertz CT molecular complexity index is 953. The van der Waals surface area contributed by atoms with Crippen LogP contribution in [0.1, 0.15) is 5.69 Å². The van der Waals surface area contributed by atoms with E-state index in [0.717, 1.165) is 19.3 Å². The second-order valence-electron chi connectivity index (χ2n) is 7.85. The van der Waals surface area contributed by atoms with E-state index in [1.165, 1.54) is 0 Å². The lowest BCUT2D eigenvalue weighted by molar-refractivity contribution is -0.140. The highest BCUT2D eigenvalue weighted by molar-refractivity contribution is 5.68. The van der Waals surface area contributed by atoms with E-state index in [1.54, 1.807) is 6.07 Å². The number of alkyl halides is 3. The Morgan fingerprint density at radius 2 is 1.73 bits per heavy atom. The third-order valence-electron chi connectivity index (χ3n) is 5.54. The first-order chi connectivity index (χ1) is 14.3. The lowest BCUT2D eigenvalue weighted by Gasteiger charge is -2.55. The van der Waals surface area contributed by atoms with Crippen molar-refractivity contribution in [2.75, 3.05) is 68.1 Å². The highest BCUT2D eigenvalue weighted by Gasteiger charge is 2.49. The molecule has 3 aliphatic rings. The molecule has 0 bridgehead atoms. The molecular weight excluding hydrogens is 403 g/mol. The summed E-state index contributed by atoms with van der Waals surface area (Å²) in [6.07, 6.45) is -3.63. The minimum absolute atomic E-state index is 0.111. The zero-order valence-electron chi connectivity index (χ0n) is 16.0. The van der Waals surface area contributed by atoms with Crippen LogP contribution in [0.2, 0.25) is 0 Å². The zero-order valence-corrected chi connectivity index (χ0v) is 16.0. The number of nitrogens with zero attached hydrogens (tertiary/aromatic N) is 6.